The molecule has 1 amide bonds. The molecule has 0 aromatic carbocycles. The van der Waals surface area contributed by atoms with Crippen molar-refractivity contribution in [2.45, 2.75) is 43.8 Å². The van der Waals surface area contributed by atoms with Crippen LogP contribution in [0, 0.1) is 5.92 Å². The van der Waals surface area contributed by atoms with E-state index in [-0.39, 0.29) is 24.3 Å². The molecule has 106 valence electrons. The maximum atomic E-state index is 12.7. The number of nitrogens with zero attached hydrogens (tertiary/aromatic N) is 1. The van der Waals surface area contributed by atoms with Gasteiger partial charge in [0.15, 0.2) is 0 Å². The van der Waals surface area contributed by atoms with E-state index in [9.17, 15) is 18.0 Å². The smallest absolute Gasteiger partial charge is 0.410 e. The van der Waals surface area contributed by atoms with Crippen molar-refractivity contribution in [2.24, 2.45) is 5.92 Å². The molecule has 0 radical (unpaired) electrons. The van der Waals surface area contributed by atoms with E-state index in [1.807, 2.05) is 0 Å². The van der Waals surface area contributed by atoms with Crippen LogP contribution < -0.4 is 0 Å². The number of carbonyl (C=O) groups excluding carboxylic acids is 1. The first-order valence-electron chi connectivity index (χ1n) is 5.68. The standard InChI is InChI=1S/C11H17BrF3NO2/c1-10(2,3)18-9(17)16-5-7(11(13,14)15)4-8(12)6-16/h7-8H,4-6H2,1-3H3. The minimum atomic E-state index is -4.29. The first kappa shape index (κ1) is 15.6. The van der Waals surface area contributed by atoms with E-state index in [1.54, 1.807) is 20.8 Å². The number of carbonyl (C=O) groups is 1. The summed E-state index contributed by atoms with van der Waals surface area (Å²) in [5.74, 6) is -1.50. The Kier molecular flexibility index (Phi) is 4.56. The molecule has 0 aromatic heterocycles. The normalized spacial score (nSPS) is 26.1. The van der Waals surface area contributed by atoms with Crippen LogP contribution in [0.5, 0.6) is 0 Å². The summed E-state index contributed by atoms with van der Waals surface area (Å²) in [4.78, 5) is 12.5. The van der Waals surface area contributed by atoms with Gasteiger partial charge in [0.2, 0.25) is 0 Å². The summed E-state index contributed by atoms with van der Waals surface area (Å²) in [6, 6.07) is 0. The molecule has 0 spiro atoms. The van der Waals surface area contributed by atoms with Crippen LogP contribution in [0.4, 0.5) is 18.0 Å². The lowest BCUT2D eigenvalue weighted by molar-refractivity contribution is -0.184. The molecule has 1 saturated heterocycles. The molecule has 3 nitrogen and oxygen atoms in total. The number of likely N-dealkylation sites (tertiary alicyclic amines) is 1. The summed E-state index contributed by atoms with van der Waals surface area (Å²) in [5.41, 5.74) is -0.704. The van der Waals surface area contributed by atoms with Crippen LogP contribution in [0.3, 0.4) is 0 Å². The third-order valence-electron chi connectivity index (χ3n) is 2.51. The molecule has 18 heavy (non-hydrogen) atoms. The van der Waals surface area contributed by atoms with Gasteiger partial charge in [-0.1, -0.05) is 15.9 Å². The topological polar surface area (TPSA) is 29.5 Å². The Hall–Kier alpha value is -0.460. The Morgan fingerprint density at radius 2 is 1.83 bits per heavy atom. The Labute approximate surface area is 113 Å². The van der Waals surface area contributed by atoms with E-state index in [0.29, 0.717) is 0 Å². The van der Waals surface area contributed by atoms with Crippen molar-refractivity contribution in [2.75, 3.05) is 13.1 Å². The number of halogens is 4. The average Bonchev–Trinajstić information content (AvgIpc) is 2.12. The zero-order valence-electron chi connectivity index (χ0n) is 10.6. The highest BCUT2D eigenvalue weighted by Gasteiger charge is 2.45. The maximum Gasteiger partial charge on any atom is 0.410 e. The van der Waals surface area contributed by atoms with E-state index < -0.39 is 23.8 Å². The molecule has 1 fully saturated rings. The minimum Gasteiger partial charge on any atom is -0.444 e. The fourth-order valence-electron chi connectivity index (χ4n) is 1.75. The Morgan fingerprint density at radius 1 is 1.28 bits per heavy atom. The highest BCUT2D eigenvalue weighted by molar-refractivity contribution is 9.09. The van der Waals surface area contributed by atoms with Crippen LogP contribution >= 0.6 is 15.9 Å². The van der Waals surface area contributed by atoms with Crippen molar-refractivity contribution < 1.29 is 22.7 Å². The van der Waals surface area contributed by atoms with Crippen LogP contribution in [0.2, 0.25) is 0 Å². The van der Waals surface area contributed by atoms with Gasteiger partial charge >= 0.3 is 12.3 Å². The molecule has 1 heterocycles. The van der Waals surface area contributed by atoms with Gasteiger partial charge in [-0.25, -0.2) is 4.79 Å². The third-order valence-corrected chi connectivity index (χ3v) is 3.18. The molecule has 2 unspecified atom stereocenters. The van der Waals surface area contributed by atoms with Crippen molar-refractivity contribution in [1.82, 2.24) is 4.90 Å². The Bertz CT molecular complexity index is 314. The summed E-state index contributed by atoms with van der Waals surface area (Å²) in [6.07, 6.45) is -4.99. The van der Waals surface area contributed by atoms with Gasteiger partial charge in [-0.05, 0) is 27.2 Å². The van der Waals surface area contributed by atoms with Crippen LogP contribution in [0.25, 0.3) is 0 Å². The summed E-state index contributed by atoms with van der Waals surface area (Å²) in [5, 5.41) is 0. The van der Waals surface area contributed by atoms with E-state index in [2.05, 4.69) is 15.9 Å². The summed E-state index contributed by atoms with van der Waals surface area (Å²) in [6.45, 7) is 4.95. The second kappa shape index (κ2) is 5.27. The molecule has 0 bridgehead atoms. The Morgan fingerprint density at radius 3 is 2.28 bits per heavy atom. The molecular weight excluding hydrogens is 315 g/mol. The number of alkyl halides is 4. The van der Waals surface area contributed by atoms with Gasteiger partial charge in [-0.3, -0.25) is 0 Å². The van der Waals surface area contributed by atoms with Gasteiger partial charge in [-0.2, -0.15) is 13.2 Å². The van der Waals surface area contributed by atoms with Crippen molar-refractivity contribution in [3.63, 3.8) is 0 Å². The molecule has 0 aliphatic carbocycles. The summed E-state index contributed by atoms with van der Waals surface area (Å²) in [7, 11) is 0. The zero-order chi connectivity index (χ0) is 14.1. The van der Waals surface area contributed by atoms with E-state index in [1.165, 1.54) is 0 Å². The number of amides is 1. The predicted molar refractivity (Wildman–Crippen MR) is 64.7 cm³/mol. The first-order valence-corrected chi connectivity index (χ1v) is 6.59. The van der Waals surface area contributed by atoms with Gasteiger partial charge in [0.1, 0.15) is 5.60 Å². The molecule has 0 aromatic rings. The molecule has 0 N–H and O–H groups in total. The van der Waals surface area contributed by atoms with Crippen molar-refractivity contribution in [1.29, 1.82) is 0 Å². The largest absolute Gasteiger partial charge is 0.444 e. The number of rotatable bonds is 0. The van der Waals surface area contributed by atoms with E-state index >= 15 is 0 Å². The van der Waals surface area contributed by atoms with Gasteiger partial charge in [-0.15, -0.1) is 0 Å². The monoisotopic (exact) mass is 331 g/mol. The van der Waals surface area contributed by atoms with Gasteiger partial charge in [0, 0.05) is 17.9 Å². The van der Waals surface area contributed by atoms with Crippen LogP contribution in [0.1, 0.15) is 27.2 Å². The minimum absolute atomic E-state index is 0.0111. The van der Waals surface area contributed by atoms with Gasteiger partial charge < -0.3 is 9.64 Å². The molecule has 0 saturated carbocycles. The SMILES string of the molecule is CC(C)(C)OC(=O)N1CC(Br)CC(C(F)(F)F)C1. The average molecular weight is 332 g/mol. The molecule has 1 aliphatic rings. The number of hydrogen-bond donors (Lipinski definition) is 0. The lowest BCUT2D eigenvalue weighted by atomic mass is 9.98. The first-order chi connectivity index (χ1) is 7.99. The third kappa shape index (κ3) is 4.66. The van der Waals surface area contributed by atoms with Crippen molar-refractivity contribution in [3.8, 4) is 0 Å². The zero-order valence-corrected chi connectivity index (χ0v) is 12.1. The lowest BCUT2D eigenvalue weighted by Gasteiger charge is -2.37. The second-order valence-electron chi connectivity index (χ2n) is 5.46. The molecule has 7 heteroatoms. The number of ether oxygens (including phenoxy) is 1. The van der Waals surface area contributed by atoms with Crippen molar-refractivity contribution in [3.05, 3.63) is 0 Å². The van der Waals surface area contributed by atoms with Crippen LogP contribution in [-0.4, -0.2) is 40.7 Å². The molecule has 2 atom stereocenters. The number of piperidine rings is 1. The van der Waals surface area contributed by atoms with Gasteiger partial charge in [0.05, 0.1) is 5.92 Å². The molecule has 1 aliphatic heterocycles. The summed E-state index contributed by atoms with van der Waals surface area (Å²) < 4.78 is 43.2. The van der Waals surface area contributed by atoms with Crippen LogP contribution in [-0.2, 0) is 4.74 Å². The maximum absolute atomic E-state index is 12.7. The highest BCUT2D eigenvalue weighted by Crippen LogP contribution is 2.35. The Balaban J connectivity index is 2.69. The molecular formula is C11H17BrF3NO2. The lowest BCUT2D eigenvalue weighted by Crippen LogP contribution is -2.49. The van der Waals surface area contributed by atoms with E-state index in [4.69, 9.17) is 4.74 Å². The molecule has 1 rings (SSSR count). The quantitative estimate of drug-likeness (QED) is 0.635. The van der Waals surface area contributed by atoms with Crippen LogP contribution in [0.15, 0.2) is 0 Å². The highest BCUT2D eigenvalue weighted by atomic mass is 79.9. The fraction of sp³-hybridized carbons (Fsp3) is 0.909. The summed E-state index contributed by atoms with van der Waals surface area (Å²) >= 11 is 3.16. The number of hydrogen-bond acceptors (Lipinski definition) is 2. The van der Waals surface area contributed by atoms with Crippen molar-refractivity contribution >= 4 is 22.0 Å². The van der Waals surface area contributed by atoms with E-state index in [0.717, 1.165) is 4.90 Å². The fourth-order valence-corrected chi connectivity index (χ4v) is 2.55. The second-order valence-corrected chi connectivity index (χ2v) is 6.75. The van der Waals surface area contributed by atoms with Gasteiger partial charge in [0.25, 0.3) is 0 Å². The predicted octanol–water partition coefficient (Wildman–Crippen LogP) is 3.57.